The second-order valence-corrected chi connectivity index (χ2v) is 9.51. The molecule has 2 aromatic carbocycles. The van der Waals surface area contributed by atoms with Gasteiger partial charge in [-0.15, -0.1) is 11.3 Å². The van der Waals surface area contributed by atoms with Gasteiger partial charge in [0.15, 0.2) is 0 Å². The standard InChI is InChI=1S/C26H32N4O2S/c1-19(2)24(18-30(3)17-20-9-5-4-6-10-20)29-26(32)28-22-12-7-11-21(15-22)25(31)27-16-23-13-8-14-33-23/h4-15,19,24H,16-18H2,1-3H3,(H,27,31)(H2,28,29,32). The molecule has 0 aliphatic heterocycles. The Hall–Kier alpha value is -3.16. The first kappa shape index (κ1) is 24.5. The molecule has 3 aromatic rings. The van der Waals surface area contributed by atoms with Crippen LogP contribution in [0.25, 0.3) is 0 Å². The molecule has 1 unspecified atom stereocenters. The largest absolute Gasteiger partial charge is 0.347 e. The predicted molar refractivity (Wildman–Crippen MR) is 135 cm³/mol. The average Bonchev–Trinajstić information content (AvgIpc) is 3.31. The van der Waals surface area contributed by atoms with E-state index in [0.717, 1.165) is 18.0 Å². The van der Waals surface area contributed by atoms with Gasteiger partial charge in [-0.25, -0.2) is 4.79 Å². The van der Waals surface area contributed by atoms with Crippen LogP contribution in [0.15, 0.2) is 72.1 Å². The molecule has 0 radical (unpaired) electrons. The summed E-state index contributed by atoms with van der Waals surface area (Å²) >= 11 is 1.60. The summed E-state index contributed by atoms with van der Waals surface area (Å²) in [6, 6.07) is 20.9. The van der Waals surface area contributed by atoms with Crippen molar-refractivity contribution in [2.24, 2.45) is 5.92 Å². The van der Waals surface area contributed by atoms with Crippen LogP contribution < -0.4 is 16.0 Å². The molecule has 3 rings (SSSR count). The van der Waals surface area contributed by atoms with Crippen molar-refractivity contribution in [3.05, 3.63) is 88.1 Å². The Morgan fingerprint density at radius 3 is 2.48 bits per heavy atom. The maximum Gasteiger partial charge on any atom is 0.319 e. The highest BCUT2D eigenvalue weighted by molar-refractivity contribution is 7.09. The number of anilines is 1. The van der Waals surface area contributed by atoms with E-state index in [-0.39, 0.29) is 23.9 Å². The predicted octanol–water partition coefficient (Wildman–Crippen LogP) is 4.96. The van der Waals surface area contributed by atoms with Crippen LogP contribution in [0.3, 0.4) is 0 Å². The van der Waals surface area contributed by atoms with Crippen LogP contribution in [0, 0.1) is 5.92 Å². The van der Waals surface area contributed by atoms with Gasteiger partial charge < -0.3 is 20.9 Å². The maximum absolute atomic E-state index is 12.7. The molecule has 1 atom stereocenters. The molecule has 6 nitrogen and oxygen atoms in total. The summed E-state index contributed by atoms with van der Waals surface area (Å²) in [4.78, 5) is 28.5. The molecule has 0 bridgehead atoms. The van der Waals surface area contributed by atoms with E-state index in [9.17, 15) is 9.59 Å². The molecular formula is C26H32N4O2S. The van der Waals surface area contributed by atoms with Crippen LogP contribution in [0.1, 0.15) is 34.6 Å². The van der Waals surface area contributed by atoms with Crippen LogP contribution in [0.4, 0.5) is 10.5 Å². The third-order valence-corrected chi connectivity index (χ3v) is 6.19. The number of nitrogens with one attached hydrogen (secondary N) is 3. The highest BCUT2D eigenvalue weighted by Crippen LogP contribution is 2.13. The minimum Gasteiger partial charge on any atom is -0.347 e. The number of amides is 3. The van der Waals surface area contributed by atoms with E-state index in [2.05, 4.69) is 53.9 Å². The van der Waals surface area contributed by atoms with Crippen molar-refractivity contribution in [3.8, 4) is 0 Å². The quantitative estimate of drug-likeness (QED) is 0.397. The number of benzene rings is 2. The van der Waals surface area contributed by atoms with Crippen molar-refractivity contribution in [2.75, 3.05) is 18.9 Å². The van der Waals surface area contributed by atoms with Gasteiger partial charge in [0.25, 0.3) is 5.91 Å². The zero-order valence-corrected chi connectivity index (χ0v) is 20.2. The lowest BCUT2D eigenvalue weighted by atomic mass is 10.0. The number of hydrogen-bond donors (Lipinski definition) is 3. The number of likely N-dealkylation sites (N-methyl/N-ethyl adjacent to an activating group) is 1. The summed E-state index contributed by atoms with van der Waals surface area (Å²) in [5, 5.41) is 10.8. The summed E-state index contributed by atoms with van der Waals surface area (Å²) in [5.41, 5.74) is 2.32. The van der Waals surface area contributed by atoms with Crippen molar-refractivity contribution in [1.29, 1.82) is 0 Å². The normalized spacial score (nSPS) is 11.9. The van der Waals surface area contributed by atoms with E-state index < -0.39 is 0 Å². The number of urea groups is 1. The Morgan fingerprint density at radius 1 is 1.00 bits per heavy atom. The number of nitrogens with zero attached hydrogens (tertiary/aromatic N) is 1. The fraction of sp³-hybridized carbons (Fsp3) is 0.308. The number of carbonyl (C=O) groups is 2. The Bertz CT molecular complexity index is 1020. The lowest BCUT2D eigenvalue weighted by Gasteiger charge is -2.28. The average molecular weight is 465 g/mol. The van der Waals surface area contributed by atoms with Crippen LogP contribution in [-0.2, 0) is 13.1 Å². The van der Waals surface area contributed by atoms with Gasteiger partial charge in [-0.3, -0.25) is 4.79 Å². The van der Waals surface area contributed by atoms with Crippen LogP contribution in [0.2, 0.25) is 0 Å². The highest BCUT2D eigenvalue weighted by atomic mass is 32.1. The molecule has 0 fully saturated rings. The van der Waals surface area contributed by atoms with E-state index in [4.69, 9.17) is 0 Å². The van der Waals surface area contributed by atoms with Crippen molar-refractivity contribution < 1.29 is 9.59 Å². The van der Waals surface area contributed by atoms with Crippen LogP contribution >= 0.6 is 11.3 Å². The van der Waals surface area contributed by atoms with Crippen molar-refractivity contribution in [3.63, 3.8) is 0 Å². The Balaban J connectivity index is 1.53. The Kier molecular flexibility index (Phi) is 9.04. The van der Waals surface area contributed by atoms with Gasteiger partial charge in [0, 0.05) is 35.3 Å². The second kappa shape index (κ2) is 12.2. The lowest BCUT2D eigenvalue weighted by molar-refractivity contribution is 0.0951. The van der Waals surface area contributed by atoms with Gasteiger partial charge in [-0.1, -0.05) is 56.3 Å². The van der Waals surface area contributed by atoms with Crippen molar-refractivity contribution >= 4 is 29.0 Å². The fourth-order valence-corrected chi connectivity index (χ4v) is 4.12. The number of carbonyl (C=O) groups excluding carboxylic acids is 2. The number of hydrogen-bond acceptors (Lipinski definition) is 4. The lowest BCUT2D eigenvalue weighted by Crippen LogP contribution is -2.47. The molecule has 174 valence electrons. The van der Waals surface area contributed by atoms with E-state index in [1.165, 1.54) is 5.56 Å². The monoisotopic (exact) mass is 464 g/mol. The maximum atomic E-state index is 12.7. The third kappa shape index (κ3) is 8.04. The number of rotatable bonds is 10. The fourth-order valence-electron chi connectivity index (χ4n) is 3.47. The van der Waals surface area contributed by atoms with Crippen LogP contribution in [-0.4, -0.2) is 36.5 Å². The van der Waals surface area contributed by atoms with Gasteiger partial charge in [0.05, 0.1) is 6.54 Å². The van der Waals surface area contributed by atoms with Gasteiger partial charge in [0.1, 0.15) is 0 Å². The van der Waals surface area contributed by atoms with Gasteiger partial charge in [0.2, 0.25) is 0 Å². The van der Waals surface area contributed by atoms with Crippen molar-refractivity contribution in [2.45, 2.75) is 33.0 Å². The molecule has 0 aliphatic rings. The Morgan fingerprint density at radius 2 is 1.79 bits per heavy atom. The zero-order valence-electron chi connectivity index (χ0n) is 19.4. The molecule has 0 spiro atoms. The second-order valence-electron chi connectivity index (χ2n) is 8.47. The first-order valence-corrected chi connectivity index (χ1v) is 12.0. The Labute approximate surface area is 200 Å². The zero-order chi connectivity index (χ0) is 23.6. The molecular weight excluding hydrogens is 432 g/mol. The molecule has 33 heavy (non-hydrogen) atoms. The molecule has 7 heteroatoms. The first-order valence-electron chi connectivity index (χ1n) is 11.1. The van der Waals surface area contributed by atoms with Crippen molar-refractivity contribution in [1.82, 2.24) is 15.5 Å². The first-order chi connectivity index (χ1) is 15.9. The molecule has 3 N–H and O–H groups in total. The van der Waals surface area contributed by atoms with E-state index in [1.54, 1.807) is 35.6 Å². The topological polar surface area (TPSA) is 73.5 Å². The number of thiophene rings is 1. The molecule has 0 saturated carbocycles. The van der Waals surface area contributed by atoms with E-state index in [0.29, 0.717) is 17.8 Å². The molecule has 0 saturated heterocycles. The molecule has 0 aliphatic carbocycles. The highest BCUT2D eigenvalue weighted by Gasteiger charge is 2.19. The van der Waals surface area contributed by atoms with Gasteiger partial charge in [-0.2, -0.15) is 0 Å². The van der Waals surface area contributed by atoms with Gasteiger partial charge >= 0.3 is 6.03 Å². The summed E-state index contributed by atoms with van der Waals surface area (Å²) in [6.45, 7) is 6.22. The summed E-state index contributed by atoms with van der Waals surface area (Å²) in [5.74, 6) is 0.0957. The van der Waals surface area contributed by atoms with E-state index in [1.807, 2.05) is 35.7 Å². The third-order valence-electron chi connectivity index (χ3n) is 5.31. The molecule has 3 amide bonds. The van der Waals surface area contributed by atoms with E-state index >= 15 is 0 Å². The molecule has 1 heterocycles. The molecule has 1 aromatic heterocycles. The van der Waals surface area contributed by atoms with Gasteiger partial charge in [-0.05, 0) is 48.2 Å². The van der Waals surface area contributed by atoms with Crippen LogP contribution in [0.5, 0.6) is 0 Å². The smallest absolute Gasteiger partial charge is 0.319 e. The summed E-state index contributed by atoms with van der Waals surface area (Å²) in [6.07, 6.45) is 0. The minimum absolute atomic E-state index is 0.0176. The summed E-state index contributed by atoms with van der Waals surface area (Å²) in [7, 11) is 2.06. The SMILES string of the molecule is CC(C)C(CN(C)Cc1ccccc1)NC(=O)Nc1cccc(C(=O)NCc2cccs2)c1. The summed E-state index contributed by atoms with van der Waals surface area (Å²) < 4.78 is 0. The minimum atomic E-state index is -0.280.